The van der Waals surface area contributed by atoms with Gasteiger partial charge < -0.3 is 29.9 Å². The maximum Gasteiger partial charge on any atom is 0.218 e. The van der Waals surface area contributed by atoms with Gasteiger partial charge in [-0.25, -0.2) is 0 Å². The zero-order chi connectivity index (χ0) is 17.1. The maximum atomic E-state index is 10.2. The van der Waals surface area contributed by atoms with Crippen LogP contribution in [0.25, 0.3) is 10.8 Å². The van der Waals surface area contributed by atoms with Gasteiger partial charge in [0.2, 0.25) is 6.29 Å². The number of fused-ring (bicyclic) bond motifs is 1. The lowest BCUT2D eigenvalue weighted by Gasteiger charge is -2.42. The normalized spacial score (nSPS) is 30.4. The molecule has 5 N–H and O–H groups in total. The molecule has 2 aromatic carbocycles. The first-order valence-corrected chi connectivity index (χ1v) is 7.77. The molecule has 24 heavy (non-hydrogen) atoms. The standard InChI is InChI=1S/C17H21NO6/c19-8-13-15(21)16(22)14(18-9-20)17(24-13)23-12-7-3-5-10-4-1-2-6-11(10)12/h1-7,13-22H,8-9H2. The number of aliphatic hydroxyl groups is 4. The van der Waals surface area contributed by atoms with Crippen LogP contribution in [0.15, 0.2) is 42.5 Å². The van der Waals surface area contributed by atoms with Crippen LogP contribution >= 0.6 is 0 Å². The topological polar surface area (TPSA) is 111 Å². The van der Waals surface area contributed by atoms with E-state index in [0.717, 1.165) is 10.8 Å². The van der Waals surface area contributed by atoms with Crippen molar-refractivity contribution in [2.45, 2.75) is 30.6 Å². The SMILES string of the molecule is OCNC1C(Oc2cccc3ccccc23)OC(CO)C(O)C1O. The number of aliphatic hydroxyl groups excluding tert-OH is 4. The lowest BCUT2D eigenvalue weighted by Crippen LogP contribution is -2.64. The van der Waals surface area contributed by atoms with Crippen molar-refractivity contribution in [1.82, 2.24) is 5.32 Å². The summed E-state index contributed by atoms with van der Waals surface area (Å²) in [4.78, 5) is 0. The molecular formula is C17H21NO6. The molecule has 1 aliphatic heterocycles. The second-order valence-corrected chi connectivity index (χ2v) is 5.69. The Bertz CT molecular complexity index is 676. The van der Waals surface area contributed by atoms with E-state index in [1.165, 1.54) is 0 Å². The highest BCUT2D eigenvalue weighted by Crippen LogP contribution is 2.29. The third-order valence-corrected chi connectivity index (χ3v) is 4.20. The van der Waals surface area contributed by atoms with Crippen molar-refractivity contribution >= 4 is 10.8 Å². The highest BCUT2D eigenvalue weighted by molar-refractivity contribution is 5.88. The van der Waals surface area contributed by atoms with Gasteiger partial charge in [0.25, 0.3) is 0 Å². The predicted molar refractivity (Wildman–Crippen MR) is 86.3 cm³/mol. The Morgan fingerprint density at radius 2 is 1.75 bits per heavy atom. The van der Waals surface area contributed by atoms with Crippen molar-refractivity contribution in [3.05, 3.63) is 42.5 Å². The molecule has 1 saturated heterocycles. The van der Waals surface area contributed by atoms with Crippen molar-refractivity contribution in [2.75, 3.05) is 13.3 Å². The van der Waals surface area contributed by atoms with Crippen molar-refractivity contribution < 1.29 is 29.9 Å². The monoisotopic (exact) mass is 335 g/mol. The van der Waals surface area contributed by atoms with Gasteiger partial charge in [-0.1, -0.05) is 36.4 Å². The van der Waals surface area contributed by atoms with Crippen LogP contribution in [0.3, 0.4) is 0 Å². The molecule has 1 fully saturated rings. The highest BCUT2D eigenvalue weighted by atomic mass is 16.7. The van der Waals surface area contributed by atoms with Gasteiger partial charge >= 0.3 is 0 Å². The maximum absolute atomic E-state index is 10.2. The predicted octanol–water partition coefficient (Wildman–Crippen LogP) is -0.434. The number of benzene rings is 2. The molecule has 5 unspecified atom stereocenters. The number of hydrogen-bond donors (Lipinski definition) is 5. The van der Waals surface area contributed by atoms with E-state index in [1.54, 1.807) is 6.07 Å². The molecule has 0 saturated carbocycles. The molecular weight excluding hydrogens is 314 g/mol. The first kappa shape index (κ1) is 17.1. The molecule has 0 spiro atoms. The first-order chi connectivity index (χ1) is 11.7. The largest absolute Gasteiger partial charge is 0.462 e. The summed E-state index contributed by atoms with van der Waals surface area (Å²) in [6, 6.07) is 12.3. The van der Waals surface area contributed by atoms with Crippen LogP contribution < -0.4 is 10.1 Å². The molecule has 5 atom stereocenters. The first-order valence-electron chi connectivity index (χ1n) is 7.77. The van der Waals surface area contributed by atoms with Crippen molar-refractivity contribution in [1.29, 1.82) is 0 Å². The Balaban J connectivity index is 1.90. The zero-order valence-corrected chi connectivity index (χ0v) is 12.9. The smallest absolute Gasteiger partial charge is 0.218 e. The summed E-state index contributed by atoms with van der Waals surface area (Å²) in [5.74, 6) is 0.545. The number of ether oxygens (including phenoxy) is 2. The summed E-state index contributed by atoms with van der Waals surface area (Å²) in [6.45, 7) is -0.879. The zero-order valence-electron chi connectivity index (χ0n) is 12.9. The number of rotatable bonds is 5. The Morgan fingerprint density at radius 1 is 1.00 bits per heavy atom. The fourth-order valence-electron chi connectivity index (χ4n) is 2.93. The van der Waals surface area contributed by atoms with Crippen LogP contribution in [-0.4, -0.2) is 64.4 Å². The molecule has 0 aliphatic carbocycles. The van der Waals surface area contributed by atoms with E-state index in [4.69, 9.17) is 14.6 Å². The number of hydrogen-bond acceptors (Lipinski definition) is 7. The molecule has 1 heterocycles. The van der Waals surface area contributed by atoms with E-state index < -0.39 is 44.0 Å². The Hall–Kier alpha value is -1.74. The molecule has 7 heteroatoms. The molecule has 7 nitrogen and oxygen atoms in total. The Labute approximate surface area is 139 Å². The minimum absolute atomic E-state index is 0.420. The molecule has 0 amide bonds. The van der Waals surface area contributed by atoms with Crippen molar-refractivity contribution in [2.24, 2.45) is 0 Å². The lowest BCUT2D eigenvalue weighted by molar-refractivity contribution is -0.246. The van der Waals surface area contributed by atoms with Crippen LogP contribution in [0.4, 0.5) is 0 Å². The minimum atomic E-state index is -1.29. The summed E-state index contributed by atoms with van der Waals surface area (Å²) in [6.07, 6.45) is -4.51. The van der Waals surface area contributed by atoms with E-state index in [9.17, 15) is 15.3 Å². The summed E-state index contributed by atoms with van der Waals surface area (Å²) >= 11 is 0. The van der Waals surface area contributed by atoms with Gasteiger partial charge in [0.1, 0.15) is 30.1 Å². The van der Waals surface area contributed by atoms with Gasteiger partial charge in [-0.05, 0) is 11.5 Å². The molecule has 0 bridgehead atoms. The van der Waals surface area contributed by atoms with Crippen LogP contribution in [0.5, 0.6) is 5.75 Å². The fourth-order valence-corrected chi connectivity index (χ4v) is 2.93. The molecule has 1 aliphatic rings. The van der Waals surface area contributed by atoms with Crippen LogP contribution in [0.1, 0.15) is 0 Å². The second-order valence-electron chi connectivity index (χ2n) is 5.69. The molecule has 0 aromatic heterocycles. The molecule has 2 aromatic rings. The quantitative estimate of drug-likeness (QED) is 0.471. The lowest BCUT2D eigenvalue weighted by atomic mass is 9.97. The van der Waals surface area contributed by atoms with Crippen molar-refractivity contribution in [3.63, 3.8) is 0 Å². The molecule has 130 valence electrons. The summed E-state index contributed by atoms with van der Waals surface area (Å²) in [5.41, 5.74) is 0. The van der Waals surface area contributed by atoms with Crippen molar-refractivity contribution in [3.8, 4) is 5.75 Å². The summed E-state index contributed by atoms with van der Waals surface area (Å²) < 4.78 is 11.5. The Kier molecular flexibility index (Phi) is 5.30. The molecule has 3 rings (SSSR count). The third kappa shape index (κ3) is 3.23. The average molecular weight is 335 g/mol. The summed E-state index contributed by atoms with van der Waals surface area (Å²) in [7, 11) is 0. The minimum Gasteiger partial charge on any atom is -0.462 e. The fraction of sp³-hybridized carbons (Fsp3) is 0.412. The average Bonchev–Trinajstić information content (AvgIpc) is 2.61. The highest BCUT2D eigenvalue weighted by Gasteiger charge is 2.45. The van der Waals surface area contributed by atoms with E-state index in [2.05, 4.69) is 5.32 Å². The van der Waals surface area contributed by atoms with Crippen LogP contribution in [0.2, 0.25) is 0 Å². The molecule has 0 radical (unpaired) electrons. The van der Waals surface area contributed by atoms with Crippen LogP contribution in [-0.2, 0) is 4.74 Å². The van der Waals surface area contributed by atoms with E-state index >= 15 is 0 Å². The van der Waals surface area contributed by atoms with Gasteiger partial charge in [0, 0.05) is 5.39 Å². The van der Waals surface area contributed by atoms with E-state index in [1.807, 2.05) is 36.4 Å². The van der Waals surface area contributed by atoms with Gasteiger partial charge in [-0.15, -0.1) is 0 Å². The van der Waals surface area contributed by atoms with E-state index in [0.29, 0.717) is 5.75 Å². The van der Waals surface area contributed by atoms with Crippen LogP contribution in [0, 0.1) is 0 Å². The van der Waals surface area contributed by atoms with Gasteiger partial charge in [-0.3, -0.25) is 5.32 Å². The van der Waals surface area contributed by atoms with E-state index in [-0.39, 0.29) is 0 Å². The second kappa shape index (κ2) is 7.43. The van der Waals surface area contributed by atoms with Gasteiger partial charge in [-0.2, -0.15) is 0 Å². The Morgan fingerprint density at radius 3 is 2.50 bits per heavy atom. The number of nitrogens with one attached hydrogen (secondary N) is 1. The van der Waals surface area contributed by atoms with Gasteiger partial charge in [0.15, 0.2) is 0 Å². The van der Waals surface area contributed by atoms with Gasteiger partial charge in [0.05, 0.1) is 13.3 Å². The third-order valence-electron chi connectivity index (χ3n) is 4.20. The summed E-state index contributed by atoms with van der Waals surface area (Å²) in [5, 5.41) is 43.2.